The Kier molecular flexibility index (Phi) is 4.65. The van der Waals surface area contributed by atoms with Gasteiger partial charge in [-0.05, 0) is 38.5 Å². The van der Waals surface area contributed by atoms with Crippen LogP contribution in [0.3, 0.4) is 0 Å². The summed E-state index contributed by atoms with van der Waals surface area (Å²) in [7, 11) is 1.33. The number of H-pyrrole nitrogens is 1. The van der Waals surface area contributed by atoms with E-state index in [1.54, 1.807) is 18.7 Å². The second-order valence-electron chi connectivity index (χ2n) is 5.00. The Labute approximate surface area is 129 Å². The van der Waals surface area contributed by atoms with Gasteiger partial charge in [0.2, 0.25) is 0 Å². The molecule has 0 unspecified atom stereocenters. The van der Waals surface area contributed by atoms with Crippen LogP contribution in [0.15, 0.2) is 30.3 Å². The van der Waals surface area contributed by atoms with Gasteiger partial charge in [0, 0.05) is 17.9 Å². The number of carbonyl (C=O) groups excluding carboxylic acids is 2. The summed E-state index contributed by atoms with van der Waals surface area (Å²) in [6.07, 6.45) is 0. The van der Waals surface area contributed by atoms with Crippen molar-refractivity contribution in [2.75, 3.05) is 18.6 Å². The standard InChI is InChI=1S/C17H20N2O3/c1-5-19(13-9-7-6-8-10-13)16(20)15-11(2)14(12(3)18-15)17(21)22-4/h6-10,18H,5H2,1-4H3. The van der Waals surface area contributed by atoms with E-state index in [1.807, 2.05) is 37.3 Å². The highest BCUT2D eigenvalue weighted by Gasteiger charge is 2.25. The molecule has 0 radical (unpaired) electrons. The first-order valence-corrected chi connectivity index (χ1v) is 7.15. The molecule has 0 saturated heterocycles. The lowest BCUT2D eigenvalue weighted by atomic mass is 10.1. The molecule has 2 aromatic rings. The smallest absolute Gasteiger partial charge is 0.339 e. The Morgan fingerprint density at radius 2 is 1.82 bits per heavy atom. The van der Waals surface area contributed by atoms with E-state index < -0.39 is 5.97 Å². The van der Waals surface area contributed by atoms with Gasteiger partial charge in [0.1, 0.15) is 5.69 Å². The number of rotatable bonds is 4. The van der Waals surface area contributed by atoms with Gasteiger partial charge in [-0.15, -0.1) is 0 Å². The second kappa shape index (κ2) is 6.47. The van der Waals surface area contributed by atoms with Crippen LogP contribution in [0.25, 0.3) is 0 Å². The van der Waals surface area contributed by atoms with Crippen molar-refractivity contribution < 1.29 is 14.3 Å². The fourth-order valence-corrected chi connectivity index (χ4v) is 2.56. The van der Waals surface area contributed by atoms with Crippen LogP contribution >= 0.6 is 0 Å². The van der Waals surface area contributed by atoms with Gasteiger partial charge in [0.15, 0.2) is 0 Å². The molecular weight excluding hydrogens is 280 g/mol. The van der Waals surface area contributed by atoms with E-state index in [-0.39, 0.29) is 5.91 Å². The number of esters is 1. The molecule has 0 aliphatic carbocycles. The maximum Gasteiger partial charge on any atom is 0.339 e. The van der Waals surface area contributed by atoms with Crippen LogP contribution < -0.4 is 4.90 Å². The van der Waals surface area contributed by atoms with Gasteiger partial charge in [0.05, 0.1) is 12.7 Å². The number of nitrogens with zero attached hydrogens (tertiary/aromatic N) is 1. The summed E-state index contributed by atoms with van der Waals surface area (Å²) in [6.45, 7) is 5.96. The summed E-state index contributed by atoms with van der Waals surface area (Å²) in [4.78, 5) is 29.3. The third kappa shape index (κ3) is 2.74. The topological polar surface area (TPSA) is 62.4 Å². The SMILES string of the molecule is CCN(C(=O)c1[nH]c(C)c(C(=O)OC)c1C)c1ccccc1. The van der Waals surface area contributed by atoms with Crippen molar-refractivity contribution in [1.82, 2.24) is 4.98 Å². The van der Waals surface area contributed by atoms with Gasteiger partial charge in [-0.3, -0.25) is 4.79 Å². The largest absolute Gasteiger partial charge is 0.465 e. The maximum atomic E-state index is 12.8. The number of aromatic amines is 1. The number of methoxy groups -OCH3 is 1. The number of benzene rings is 1. The lowest BCUT2D eigenvalue weighted by Crippen LogP contribution is -2.31. The van der Waals surface area contributed by atoms with Gasteiger partial charge in [-0.2, -0.15) is 0 Å². The highest BCUT2D eigenvalue weighted by atomic mass is 16.5. The summed E-state index contributed by atoms with van der Waals surface area (Å²) in [5, 5.41) is 0. The van der Waals surface area contributed by atoms with E-state index in [0.717, 1.165) is 5.69 Å². The predicted molar refractivity (Wildman–Crippen MR) is 85.4 cm³/mol. The lowest BCUT2D eigenvalue weighted by Gasteiger charge is -2.20. The summed E-state index contributed by atoms with van der Waals surface area (Å²) >= 11 is 0. The highest BCUT2D eigenvalue weighted by Crippen LogP contribution is 2.23. The minimum absolute atomic E-state index is 0.163. The molecule has 0 atom stereocenters. The van der Waals surface area contributed by atoms with E-state index in [2.05, 4.69) is 4.98 Å². The normalized spacial score (nSPS) is 10.4. The molecule has 0 saturated carbocycles. The van der Waals surface area contributed by atoms with Crippen LogP contribution in [0.5, 0.6) is 0 Å². The van der Waals surface area contributed by atoms with Crippen LogP contribution in [-0.4, -0.2) is 30.5 Å². The van der Waals surface area contributed by atoms with Crippen LogP contribution in [0.2, 0.25) is 0 Å². The average molecular weight is 300 g/mol. The summed E-state index contributed by atoms with van der Waals surface area (Å²) in [5.41, 5.74) is 2.92. The number of ether oxygens (including phenoxy) is 1. The summed E-state index contributed by atoms with van der Waals surface area (Å²) < 4.78 is 4.78. The van der Waals surface area contributed by atoms with Crippen molar-refractivity contribution in [2.24, 2.45) is 0 Å². The van der Waals surface area contributed by atoms with Crippen LogP contribution in [-0.2, 0) is 4.74 Å². The molecule has 1 aromatic heterocycles. The number of nitrogens with one attached hydrogen (secondary N) is 1. The number of carbonyl (C=O) groups is 2. The minimum Gasteiger partial charge on any atom is -0.465 e. The number of aromatic nitrogens is 1. The molecule has 5 nitrogen and oxygen atoms in total. The molecule has 22 heavy (non-hydrogen) atoms. The van der Waals surface area contributed by atoms with Crippen LogP contribution in [0.1, 0.15) is 39.0 Å². The number of hydrogen-bond acceptors (Lipinski definition) is 3. The molecule has 0 fully saturated rings. The Morgan fingerprint density at radius 1 is 1.18 bits per heavy atom. The van der Waals surface area contributed by atoms with Crippen LogP contribution in [0, 0.1) is 13.8 Å². The Morgan fingerprint density at radius 3 is 2.36 bits per heavy atom. The number of anilines is 1. The molecule has 2 rings (SSSR count). The fraction of sp³-hybridized carbons (Fsp3) is 0.294. The van der Waals surface area contributed by atoms with E-state index in [4.69, 9.17) is 4.74 Å². The van der Waals surface area contributed by atoms with Crippen molar-refractivity contribution >= 4 is 17.6 Å². The molecule has 0 bridgehead atoms. The quantitative estimate of drug-likeness (QED) is 0.883. The zero-order valence-electron chi connectivity index (χ0n) is 13.3. The lowest BCUT2D eigenvalue weighted by molar-refractivity contribution is 0.0599. The van der Waals surface area contributed by atoms with Crippen molar-refractivity contribution in [1.29, 1.82) is 0 Å². The van der Waals surface area contributed by atoms with Gasteiger partial charge >= 0.3 is 5.97 Å². The molecule has 116 valence electrons. The summed E-state index contributed by atoms with van der Waals surface area (Å²) in [6, 6.07) is 9.44. The van der Waals surface area contributed by atoms with Gasteiger partial charge in [0.25, 0.3) is 5.91 Å². The Balaban J connectivity index is 2.43. The number of para-hydroxylation sites is 1. The zero-order chi connectivity index (χ0) is 16.3. The van der Waals surface area contributed by atoms with E-state index in [1.165, 1.54) is 7.11 Å². The van der Waals surface area contributed by atoms with Gasteiger partial charge in [-0.1, -0.05) is 18.2 Å². The van der Waals surface area contributed by atoms with E-state index in [0.29, 0.717) is 29.1 Å². The number of aryl methyl sites for hydroxylation is 1. The molecule has 5 heteroatoms. The van der Waals surface area contributed by atoms with E-state index in [9.17, 15) is 9.59 Å². The van der Waals surface area contributed by atoms with Crippen molar-refractivity contribution in [3.63, 3.8) is 0 Å². The van der Waals surface area contributed by atoms with Gasteiger partial charge in [-0.25, -0.2) is 4.79 Å². The third-order valence-corrected chi connectivity index (χ3v) is 3.67. The van der Waals surface area contributed by atoms with Crippen LogP contribution in [0.4, 0.5) is 5.69 Å². The summed E-state index contributed by atoms with van der Waals surface area (Å²) in [5.74, 6) is -0.600. The molecule has 1 N–H and O–H groups in total. The maximum absolute atomic E-state index is 12.8. The molecule has 0 spiro atoms. The predicted octanol–water partition coefficient (Wildman–Crippen LogP) is 3.08. The molecule has 1 amide bonds. The molecule has 0 aliphatic heterocycles. The van der Waals surface area contributed by atoms with E-state index >= 15 is 0 Å². The molecule has 1 aromatic carbocycles. The van der Waals surface area contributed by atoms with Crippen molar-refractivity contribution in [3.8, 4) is 0 Å². The van der Waals surface area contributed by atoms with Gasteiger partial charge < -0.3 is 14.6 Å². The first-order chi connectivity index (χ1) is 10.5. The Hall–Kier alpha value is -2.56. The third-order valence-electron chi connectivity index (χ3n) is 3.67. The molecular formula is C17H20N2O3. The first kappa shape index (κ1) is 15.8. The highest BCUT2D eigenvalue weighted by molar-refractivity contribution is 6.08. The van der Waals surface area contributed by atoms with Crippen molar-refractivity contribution in [2.45, 2.75) is 20.8 Å². The second-order valence-corrected chi connectivity index (χ2v) is 5.00. The molecule has 1 heterocycles. The monoisotopic (exact) mass is 300 g/mol. The fourth-order valence-electron chi connectivity index (χ4n) is 2.56. The number of amides is 1. The first-order valence-electron chi connectivity index (χ1n) is 7.15. The Bertz CT molecular complexity index is 689. The minimum atomic E-state index is -0.437. The molecule has 0 aliphatic rings. The van der Waals surface area contributed by atoms with Crippen molar-refractivity contribution in [3.05, 3.63) is 52.8 Å². The number of hydrogen-bond donors (Lipinski definition) is 1. The zero-order valence-corrected chi connectivity index (χ0v) is 13.3. The average Bonchev–Trinajstić information content (AvgIpc) is 2.83.